The molecule has 1 saturated heterocycles. The summed E-state index contributed by atoms with van der Waals surface area (Å²) in [7, 11) is 1.57. The minimum atomic E-state index is -0.538. The highest BCUT2D eigenvalue weighted by Crippen LogP contribution is 2.30. The van der Waals surface area contributed by atoms with Gasteiger partial charge in [-0.25, -0.2) is 8.78 Å². The molecule has 0 unspecified atom stereocenters. The standard InChI is InChI=1S/C21H20ClF2N3O2/c1-29-7-6-26-13-18(10-21(26)28)27(12-15-8-16(23)3-5-20(15)24)17-4-2-14(11-25)19(22)9-17/h2-5,8-9,18H,6-7,10,12-13H2,1H3/t18-/m0/s1. The SMILES string of the molecule is COCCN1C[C@@H](N(Cc2cc(F)ccc2F)c2ccc(C#N)c(Cl)c2)CC1=O. The lowest BCUT2D eigenvalue weighted by Crippen LogP contribution is -2.38. The predicted molar refractivity (Wildman–Crippen MR) is 106 cm³/mol. The zero-order chi connectivity index (χ0) is 21.0. The second-order valence-corrected chi connectivity index (χ2v) is 7.24. The Kier molecular flexibility index (Phi) is 6.68. The molecule has 1 fully saturated rings. The number of nitrogens with zero attached hydrogens (tertiary/aromatic N) is 3. The van der Waals surface area contributed by atoms with Crippen LogP contribution in [0.5, 0.6) is 0 Å². The van der Waals surface area contributed by atoms with Gasteiger partial charge in [0.2, 0.25) is 5.91 Å². The van der Waals surface area contributed by atoms with E-state index in [0.717, 1.165) is 18.2 Å². The first-order valence-corrected chi connectivity index (χ1v) is 9.47. The lowest BCUT2D eigenvalue weighted by atomic mass is 10.1. The van der Waals surface area contributed by atoms with E-state index in [1.165, 1.54) is 0 Å². The van der Waals surface area contributed by atoms with Gasteiger partial charge in [0.15, 0.2) is 0 Å². The van der Waals surface area contributed by atoms with Crippen molar-refractivity contribution in [2.75, 3.05) is 31.7 Å². The van der Waals surface area contributed by atoms with Gasteiger partial charge in [0.25, 0.3) is 0 Å². The third-order valence-electron chi connectivity index (χ3n) is 4.95. The topological polar surface area (TPSA) is 56.6 Å². The van der Waals surface area contributed by atoms with Crippen molar-refractivity contribution >= 4 is 23.2 Å². The molecule has 0 spiro atoms. The number of rotatable bonds is 7. The quantitative estimate of drug-likeness (QED) is 0.686. The Bertz CT molecular complexity index is 948. The number of carbonyl (C=O) groups excluding carboxylic acids is 1. The Morgan fingerprint density at radius 2 is 2.10 bits per heavy atom. The van der Waals surface area contributed by atoms with Gasteiger partial charge in [0.1, 0.15) is 17.7 Å². The highest BCUT2D eigenvalue weighted by Gasteiger charge is 2.34. The maximum absolute atomic E-state index is 14.3. The maximum Gasteiger partial charge on any atom is 0.224 e. The number of nitriles is 1. The fourth-order valence-corrected chi connectivity index (χ4v) is 3.65. The highest BCUT2D eigenvalue weighted by atomic mass is 35.5. The lowest BCUT2D eigenvalue weighted by Gasteiger charge is -2.31. The summed E-state index contributed by atoms with van der Waals surface area (Å²) in [4.78, 5) is 15.9. The highest BCUT2D eigenvalue weighted by molar-refractivity contribution is 6.32. The van der Waals surface area contributed by atoms with Gasteiger partial charge in [-0.15, -0.1) is 0 Å². The van der Waals surface area contributed by atoms with E-state index in [0.29, 0.717) is 30.9 Å². The Balaban J connectivity index is 1.94. The van der Waals surface area contributed by atoms with Crippen LogP contribution in [0.4, 0.5) is 14.5 Å². The van der Waals surface area contributed by atoms with Crippen LogP contribution in [-0.4, -0.2) is 43.7 Å². The van der Waals surface area contributed by atoms with Crippen LogP contribution >= 0.6 is 11.6 Å². The second kappa shape index (κ2) is 9.21. The smallest absolute Gasteiger partial charge is 0.224 e. The van der Waals surface area contributed by atoms with Crippen molar-refractivity contribution in [2.45, 2.75) is 19.0 Å². The normalized spacial score (nSPS) is 16.2. The summed E-state index contributed by atoms with van der Waals surface area (Å²) >= 11 is 6.19. The van der Waals surface area contributed by atoms with Crippen LogP contribution in [0.3, 0.4) is 0 Å². The third-order valence-corrected chi connectivity index (χ3v) is 5.27. The Morgan fingerprint density at radius 3 is 2.79 bits per heavy atom. The second-order valence-electron chi connectivity index (χ2n) is 6.83. The van der Waals surface area contributed by atoms with Crippen LogP contribution in [0.15, 0.2) is 36.4 Å². The number of likely N-dealkylation sites (tertiary alicyclic amines) is 1. The van der Waals surface area contributed by atoms with Crippen molar-refractivity contribution in [3.8, 4) is 6.07 Å². The summed E-state index contributed by atoms with van der Waals surface area (Å²) in [5.74, 6) is -1.10. The molecule has 5 nitrogen and oxygen atoms in total. The van der Waals surface area contributed by atoms with Crippen LogP contribution < -0.4 is 4.90 Å². The Hall–Kier alpha value is -2.69. The van der Waals surface area contributed by atoms with Crippen LogP contribution in [0, 0.1) is 23.0 Å². The minimum absolute atomic E-state index is 0.0310. The number of benzene rings is 2. The first-order chi connectivity index (χ1) is 13.9. The lowest BCUT2D eigenvalue weighted by molar-refractivity contribution is -0.128. The molecule has 1 aliphatic rings. The van der Waals surface area contributed by atoms with Gasteiger partial charge >= 0.3 is 0 Å². The van der Waals surface area contributed by atoms with E-state index in [1.54, 1.807) is 30.2 Å². The molecule has 1 aliphatic heterocycles. The maximum atomic E-state index is 14.3. The van der Waals surface area contributed by atoms with E-state index in [2.05, 4.69) is 0 Å². The monoisotopic (exact) mass is 419 g/mol. The molecule has 1 amide bonds. The van der Waals surface area contributed by atoms with Crippen molar-refractivity contribution in [2.24, 2.45) is 0 Å². The van der Waals surface area contributed by atoms with E-state index in [-0.39, 0.29) is 35.5 Å². The molecule has 0 N–H and O–H groups in total. The molecule has 29 heavy (non-hydrogen) atoms. The van der Waals surface area contributed by atoms with Crippen molar-refractivity contribution in [3.63, 3.8) is 0 Å². The van der Waals surface area contributed by atoms with E-state index in [9.17, 15) is 13.6 Å². The number of carbonyl (C=O) groups is 1. The summed E-state index contributed by atoms with van der Waals surface area (Å²) in [6.45, 7) is 1.36. The predicted octanol–water partition coefficient (Wildman–Crippen LogP) is 3.74. The first kappa shape index (κ1) is 21.0. The van der Waals surface area contributed by atoms with E-state index < -0.39 is 11.6 Å². The van der Waals surface area contributed by atoms with Crippen molar-refractivity contribution in [1.29, 1.82) is 5.26 Å². The number of halogens is 3. The van der Waals surface area contributed by atoms with E-state index in [1.807, 2.05) is 11.0 Å². The van der Waals surface area contributed by atoms with E-state index in [4.69, 9.17) is 21.6 Å². The first-order valence-electron chi connectivity index (χ1n) is 9.10. The number of methoxy groups -OCH3 is 1. The average Bonchev–Trinajstić information content (AvgIpc) is 3.07. The fourth-order valence-electron chi connectivity index (χ4n) is 3.43. The van der Waals surface area contributed by atoms with Gasteiger partial charge in [-0.1, -0.05) is 11.6 Å². The molecule has 2 aromatic carbocycles. The molecule has 0 radical (unpaired) electrons. The van der Waals surface area contributed by atoms with Crippen molar-refractivity contribution in [3.05, 3.63) is 64.2 Å². The van der Waals surface area contributed by atoms with Gasteiger partial charge in [-0.2, -0.15) is 5.26 Å². The van der Waals surface area contributed by atoms with Gasteiger partial charge in [0.05, 0.1) is 23.2 Å². The largest absolute Gasteiger partial charge is 0.383 e. The van der Waals surface area contributed by atoms with Crippen LogP contribution in [0.1, 0.15) is 17.5 Å². The molecule has 0 aliphatic carbocycles. The van der Waals surface area contributed by atoms with Crippen LogP contribution in [0.25, 0.3) is 0 Å². The Labute approximate surface area is 173 Å². The number of ether oxygens (including phenoxy) is 1. The zero-order valence-electron chi connectivity index (χ0n) is 15.9. The van der Waals surface area contributed by atoms with Gasteiger partial charge < -0.3 is 14.5 Å². The van der Waals surface area contributed by atoms with Gasteiger partial charge in [-0.3, -0.25) is 4.79 Å². The zero-order valence-corrected chi connectivity index (χ0v) is 16.6. The summed E-state index contributed by atoms with van der Waals surface area (Å²) in [6, 6.07) is 9.92. The molecule has 0 aromatic heterocycles. The summed E-state index contributed by atoms with van der Waals surface area (Å²) in [5, 5.41) is 9.37. The molecule has 1 heterocycles. The molecule has 1 atom stereocenters. The van der Waals surface area contributed by atoms with Crippen LogP contribution in [0.2, 0.25) is 5.02 Å². The number of anilines is 1. The van der Waals surface area contributed by atoms with Gasteiger partial charge in [-0.05, 0) is 36.4 Å². The van der Waals surface area contributed by atoms with Crippen LogP contribution in [-0.2, 0) is 16.1 Å². The molecule has 152 valence electrons. The molecular formula is C21H20ClF2N3O2. The summed E-state index contributed by atoms with van der Waals surface area (Å²) in [5.41, 5.74) is 1.12. The number of hydrogen-bond acceptors (Lipinski definition) is 4. The molecule has 3 rings (SSSR count). The molecular weight excluding hydrogens is 400 g/mol. The number of hydrogen-bond donors (Lipinski definition) is 0. The molecule has 0 saturated carbocycles. The molecule has 8 heteroatoms. The number of amides is 1. The van der Waals surface area contributed by atoms with Crippen molar-refractivity contribution < 1.29 is 18.3 Å². The van der Waals surface area contributed by atoms with Crippen molar-refractivity contribution in [1.82, 2.24) is 4.90 Å². The van der Waals surface area contributed by atoms with E-state index >= 15 is 0 Å². The minimum Gasteiger partial charge on any atom is -0.383 e. The summed E-state index contributed by atoms with van der Waals surface area (Å²) in [6.07, 6.45) is 0.234. The Morgan fingerprint density at radius 1 is 1.31 bits per heavy atom. The third kappa shape index (κ3) is 4.84. The fraction of sp³-hybridized carbons (Fsp3) is 0.333. The molecule has 0 bridgehead atoms. The van der Waals surface area contributed by atoms with Gasteiger partial charge in [0, 0.05) is 44.4 Å². The molecule has 2 aromatic rings. The summed E-state index contributed by atoms with van der Waals surface area (Å²) < 4.78 is 33.0. The average molecular weight is 420 g/mol.